The van der Waals surface area contributed by atoms with E-state index in [9.17, 15) is 4.79 Å². The molecular formula is C29H34N4O. The standard InChI is InChI=1S/C29H34N4O/c1-23-22-32(18-19-33(23)27-13-4-2-5-14-27)29(15-6-3-7-16-29)25-11-8-12-26(20-25)31-28(34)24-10-9-17-30-21-24/h2,4-5,8-14,17,20-21,23H,3,6-7,15-16,18-19,22H2,1H3,(H,31,34). The summed E-state index contributed by atoms with van der Waals surface area (Å²) < 4.78 is 0. The molecule has 1 aliphatic heterocycles. The number of carbonyl (C=O) groups excluding carboxylic acids is 1. The van der Waals surface area contributed by atoms with E-state index in [4.69, 9.17) is 0 Å². The second-order valence-corrected chi connectivity index (χ2v) is 9.69. The lowest BCUT2D eigenvalue weighted by Gasteiger charge is -2.52. The molecule has 5 rings (SSSR count). The molecule has 0 bridgehead atoms. The third kappa shape index (κ3) is 4.58. The second kappa shape index (κ2) is 9.98. The Morgan fingerprint density at radius 3 is 2.53 bits per heavy atom. The van der Waals surface area contributed by atoms with Gasteiger partial charge in [0.2, 0.25) is 0 Å². The molecule has 1 saturated carbocycles. The van der Waals surface area contributed by atoms with Gasteiger partial charge in [-0.05, 0) is 61.7 Å². The number of hydrogen-bond acceptors (Lipinski definition) is 4. The molecule has 1 aliphatic carbocycles. The molecule has 2 aromatic carbocycles. The number of pyridine rings is 1. The van der Waals surface area contributed by atoms with Crippen molar-refractivity contribution >= 4 is 17.3 Å². The molecular weight excluding hydrogens is 420 g/mol. The smallest absolute Gasteiger partial charge is 0.257 e. The van der Waals surface area contributed by atoms with Gasteiger partial charge in [-0.1, -0.05) is 49.6 Å². The molecule has 5 heteroatoms. The number of hydrogen-bond donors (Lipinski definition) is 1. The van der Waals surface area contributed by atoms with Crippen LogP contribution in [0.15, 0.2) is 79.1 Å². The molecule has 5 nitrogen and oxygen atoms in total. The topological polar surface area (TPSA) is 48.5 Å². The highest BCUT2D eigenvalue weighted by molar-refractivity contribution is 6.04. The van der Waals surface area contributed by atoms with Crippen LogP contribution in [-0.4, -0.2) is 41.5 Å². The summed E-state index contributed by atoms with van der Waals surface area (Å²) in [6.07, 6.45) is 9.44. The molecule has 3 aromatic rings. The van der Waals surface area contributed by atoms with E-state index in [-0.39, 0.29) is 11.4 Å². The van der Waals surface area contributed by atoms with Crippen molar-refractivity contribution in [1.82, 2.24) is 9.88 Å². The van der Waals surface area contributed by atoms with Crippen LogP contribution in [0.2, 0.25) is 0 Å². The van der Waals surface area contributed by atoms with Gasteiger partial charge in [0.25, 0.3) is 5.91 Å². The van der Waals surface area contributed by atoms with Crippen LogP contribution in [0.4, 0.5) is 11.4 Å². The van der Waals surface area contributed by atoms with E-state index in [1.54, 1.807) is 24.5 Å². The van der Waals surface area contributed by atoms with Crippen LogP contribution in [0.3, 0.4) is 0 Å². The second-order valence-electron chi connectivity index (χ2n) is 9.69. The van der Waals surface area contributed by atoms with Crippen LogP contribution in [0.25, 0.3) is 0 Å². The van der Waals surface area contributed by atoms with Crippen molar-refractivity contribution in [3.8, 4) is 0 Å². The molecule has 34 heavy (non-hydrogen) atoms. The van der Waals surface area contributed by atoms with Crippen molar-refractivity contribution in [1.29, 1.82) is 0 Å². The number of amides is 1. The number of para-hydroxylation sites is 1. The van der Waals surface area contributed by atoms with Crippen molar-refractivity contribution in [2.75, 3.05) is 29.9 Å². The predicted molar refractivity (Wildman–Crippen MR) is 138 cm³/mol. The summed E-state index contributed by atoms with van der Waals surface area (Å²) in [5, 5.41) is 3.09. The van der Waals surface area contributed by atoms with E-state index in [2.05, 4.69) is 75.6 Å². The highest BCUT2D eigenvalue weighted by Gasteiger charge is 2.42. The molecule has 1 atom stereocenters. The van der Waals surface area contributed by atoms with Gasteiger partial charge in [0.1, 0.15) is 0 Å². The Kier molecular flexibility index (Phi) is 6.63. The Balaban J connectivity index is 1.38. The number of aromatic nitrogens is 1. The summed E-state index contributed by atoms with van der Waals surface area (Å²) in [6, 6.07) is 23.4. The van der Waals surface area contributed by atoms with Gasteiger partial charge in [-0.3, -0.25) is 14.7 Å². The van der Waals surface area contributed by atoms with Crippen molar-refractivity contribution in [2.45, 2.75) is 50.6 Å². The van der Waals surface area contributed by atoms with E-state index in [0.29, 0.717) is 11.6 Å². The minimum Gasteiger partial charge on any atom is -0.366 e. The zero-order valence-corrected chi connectivity index (χ0v) is 20.0. The quantitative estimate of drug-likeness (QED) is 0.537. The molecule has 1 aromatic heterocycles. The lowest BCUT2D eigenvalue weighted by atomic mass is 9.74. The first-order chi connectivity index (χ1) is 16.7. The van der Waals surface area contributed by atoms with Gasteiger partial charge in [0.05, 0.1) is 5.56 Å². The van der Waals surface area contributed by atoms with Crippen LogP contribution < -0.4 is 10.2 Å². The minimum absolute atomic E-state index is 0.0321. The van der Waals surface area contributed by atoms with Gasteiger partial charge in [-0.2, -0.15) is 0 Å². The van der Waals surface area contributed by atoms with Crippen LogP contribution >= 0.6 is 0 Å². The molecule has 1 amide bonds. The third-order valence-electron chi connectivity index (χ3n) is 7.58. The Bertz CT molecular complexity index is 1100. The van der Waals surface area contributed by atoms with Gasteiger partial charge in [0, 0.05) is 55.0 Å². The Morgan fingerprint density at radius 1 is 0.971 bits per heavy atom. The van der Waals surface area contributed by atoms with Crippen LogP contribution in [0.5, 0.6) is 0 Å². The summed E-state index contributed by atoms with van der Waals surface area (Å²) >= 11 is 0. The van der Waals surface area contributed by atoms with Crippen molar-refractivity contribution in [2.24, 2.45) is 0 Å². The maximum Gasteiger partial charge on any atom is 0.257 e. The van der Waals surface area contributed by atoms with E-state index in [1.807, 2.05) is 6.07 Å². The fourth-order valence-electron chi connectivity index (χ4n) is 5.86. The fourth-order valence-corrected chi connectivity index (χ4v) is 5.86. The first-order valence-corrected chi connectivity index (χ1v) is 12.5. The molecule has 2 fully saturated rings. The van der Waals surface area contributed by atoms with Crippen LogP contribution in [-0.2, 0) is 5.54 Å². The van der Waals surface area contributed by atoms with Crippen molar-refractivity contribution < 1.29 is 4.79 Å². The van der Waals surface area contributed by atoms with Gasteiger partial charge in [-0.25, -0.2) is 0 Å². The van der Waals surface area contributed by atoms with Gasteiger partial charge in [-0.15, -0.1) is 0 Å². The molecule has 1 N–H and O–H groups in total. The monoisotopic (exact) mass is 454 g/mol. The lowest BCUT2D eigenvalue weighted by Crippen LogP contribution is -2.59. The molecule has 1 unspecified atom stereocenters. The summed E-state index contributed by atoms with van der Waals surface area (Å²) in [6.45, 7) is 5.47. The molecule has 0 radical (unpaired) electrons. The summed E-state index contributed by atoms with van der Waals surface area (Å²) in [5.41, 5.74) is 4.10. The number of nitrogens with one attached hydrogen (secondary N) is 1. The molecule has 2 aliphatic rings. The first kappa shape index (κ1) is 22.6. The van der Waals surface area contributed by atoms with E-state index >= 15 is 0 Å². The fraction of sp³-hybridized carbons (Fsp3) is 0.379. The van der Waals surface area contributed by atoms with E-state index in [1.165, 1.54) is 43.4 Å². The van der Waals surface area contributed by atoms with Gasteiger partial charge >= 0.3 is 0 Å². The molecule has 2 heterocycles. The SMILES string of the molecule is CC1CN(C2(c3cccc(NC(=O)c4cccnc4)c3)CCCCC2)CCN1c1ccccc1. The lowest BCUT2D eigenvalue weighted by molar-refractivity contribution is 0.0318. The third-order valence-corrected chi connectivity index (χ3v) is 7.58. The number of rotatable bonds is 5. The number of anilines is 2. The van der Waals surface area contributed by atoms with E-state index < -0.39 is 0 Å². The number of benzene rings is 2. The highest BCUT2D eigenvalue weighted by atomic mass is 16.1. The Labute approximate surface area is 202 Å². The molecule has 1 saturated heterocycles. The Morgan fingerprint density at radius 2 is 1.79 bits per heavy atom. The average molecular weight is 455 g/mol. The largest absolute Gasteiger partial charge is 0.366 e. The summed E-state index contributed by atoms with van der Waals surface area (Å²) in [4.78, 5) is 22.1. The van der Waals surface area contributed by atoms with E-state index in [0.717, 1.165) is 25.3 Å². The predicted octanol–water partition coefficient (Wildman–Crippen LogP) is 5.70. The maximum atomic E-state index is 12.7. The molecule has 0 spiro atoms. The van der Waals surface area contributed by atoms with Gasteiger partial charge in [0.15, 0.2) is 0 Å². The average Bonchev–Trinajstić information content (AvgIpc) is 2.90. The summed E-state index contributed by atoms with van der Waals surface area (Å²) in [7, 11) is 0. The zero-order chi connectivity index (χ0) is 23.4. The minimum atomic E-state index is -0.118. The number of piperazine rings is 1. The van der Waals surface area contributed by atoms with Gasteiger partial charge < -0.3 is 10.2 Å². The molecule has 176 valence electrons. The number of nitrogens with zero attached hydrogens (tertiary/aromatic N) is 3. The van der Waals surface area contributed by atoms with Crippen molar-refractivity contribution in [3.63, 3.8) is 0 Å². The maximum absolute atomic E-state index is 12.7. The summed E-state index contributed by atoms with van der Waals surface area (Å²) in [5.74, 6) is -0.118. The van der Waals surface area contributed by atoms with Crippen molar-refractivity contribution in [3.05, 3.63) is 90.3 Å². The van der Waals surface area contributed by atoms with Crippen LogP contribution in [0.1, 0.15) is 54.9 Å². The number of carbonyl (C=O) groups is 1. The van der Waals surface area contributed by atoms with Crippen LogP contribution in [0, 0.1) is 0 Å². The highest BCUT2D eigenvalue weighted by Crippen LogP contribution is 2.44. The normalized spacial score (nSPS) is 20.6. The Hall–Kier alpha value is -3.18. The zero-order valence-electron chi connectivity index (χ0n) is 20.0. The first-order valence-electron chi connectivity index (χ1n) is 12.5.